The Balaban J connectivity index is 2.12. The van der Waals surface area contributed by atoms with Crippen LogP contribution in [0.25, 0.3) is 0 Å². The lowest BCUT2D eigenvalue weighted by Crippen LogP contribution is -2.44. The molecule has 0 fully saturated rings. The van der Waals surface area contributed by atoms with Gasteiger partial charge in [-0.25, -0.2) is 4.79 Å². The van der Waals surface area contributed by atoms with Crippen molar-refractivity contribution < 1.29 is 14.7 Å². The van der Waals surface area contributed by atoms with E-state index < -0.39 is 12.0 Å². The van der Waals surface area contributed by atoms with E-state index in [9.17, 15) is 9.59 Å². The molecule has 1 N–H and O–H groups in total. The second kappa shape index (κ2) is 4.20. The molecular weight excluding hydrogens is 218 g/mol. The molecule has 90 valence electrons. The molecule has 0 saturated heterocycles. The number of hydrogen-bond donors (Lipinski definition) is 1. The fourth-order valence-corrected chi connectivity index (χ4v) is 2.08. The summed E-state index contributed by atoms with van der Waals surface area (Å²) < 4.78 is 0. The Hall–Kier alpha value is -1.84. The molecule has 0 radical (unpaired) electrons. The van der Waals surface area contributed by atoms with Crippen LogP contribution in [0, 0.1) is 0 Å². The molecule has 0 heterocycles. The zero-order valence-corrected chi connectivity index (χ0v) is 9.88. The molecule has 1 amide bonds. The average Bonchev–Trinajstić information content (AvgIpc) is 2.28. The minimum Gasteiger partial charge on any atom is -0.480 e. The third-order valence-corrected chi connectivity index (χ3v) is 3.44. The molecule has 0 spiro atoms. The number of aliphatic carboxylic acids is 1. The van der Waals surface area contributed by atoms with Crippen molar-refractivity contribution in [1.29, 1.82) is 0 Å². The lowest BCUT2D eigenvalue weighted by atomic mass is 9.77. The Morgan fingerprint density at radius 2 is 2.06 bits per heavy atom. The van der Waals surface area contributed by atoms with Crippen molar-refractivity contribution in [1.82, 2.24) is 4.90 Å². The summed E-state index contributed by atoms with van der Waals surface area (Å²) in [6.07, 6.45) is 0.714. The monoisotopic (exact) mass is 233 g/mol. The Morgan fingerprint density at radius 3 is 2.65 bits per heavy atom. The predicted octanol–water partition coefficient (Wildman–Crippen LogP) is 1.26. The van der Waals surface area contributed by atoms with E-state index in [1.165, 1.54) is 17.4 Å². The third kappa shape index (κ3) is 1.90. The molecule has 2 atom stereocenters. The quantitative estimate of drug-likeness (QED) is 0.855. The predicted molar refractivity (Wildman–Crippen MR) is 62.8 cm³/mol. The molecule has 2 unspecified atom stereocenters. The first-order valence-electron chi connectivity index (χ1n) is 5.59. The van der Waals surface area contributed by atoms with Crippen LogP contribution >= 0.6 is 0 Å². The molecule has 0 aliphatic heterocycles. The Morgan fingerprint density at radius 1 is 1.41 bits per heavy atom. The average molecular weight is 233 g/mol. The maximum atomic E-state index is 12.1. The van der Waals surface area contributed by atoms with Crippen molar-refractivity contribution in [3.05, 3.63) is 35.4 Å². The van der Waals surface area contributed by atoms with E-state index in [-0.39, 0.29) is 11.8 Å². The second-order valence-corrected chi connectivity index (χ2v) is 4.42. The van der Waals surface area contributed by atoms with Gasteiger partial charge in [-0.2, -0.15) is 0 Å². The molecule has 1 aromatic rings. The molecule has 1 aliphatic carbocycles. The number of likely N-dealkylation sites (N-methyl/N-ethyl adjacent to an activating group) is 1. The van der Waals surface area contributed by atoms with Crippen LogP contribution in [0.15, 0.2) is 24.3 Å². The van der Waals surface area contributed by atoms with Crippen LogP contribution in [0.5, 0.6) is 0 Å². The van der Waals surface area contributed by atoms with Crippen molar-refractivity contribution >= 4 is 11.9 Å². The zero-order valence-electron chi connectivity index (χ0n) is 9.88. The second-order valence-electron chi connectivity index (χ2n) is 4.42. The van der Waals surface area contributed by atoms with Crippen LogP contribution in [0.3, 0.4) is 0 Å². The SMILES string of the molecule is CC(C(=O)O)N(C)C(=O)C1Cc2ccccc21. The van der Waals surface area contributed by atoms with Crippen molar-refractivity contribution in [2.24, 2.45) is 0 Å². The summed E-state index contributed by atoms with van der Waals surface area (Å²) in [5.41, 5.74) is 2.21. The van der Waals surface area contributed by atoms with E-state index in [4.69, 9.17) is 5.11 Å². The summed E-state index contributed by atoms with van der Waals surface area (Å²) in [5, 5.41) is 8.88. The van der Waals surface area contributed by atoms with Crippen LogP contribution in [0.1, 0.15) is 24.0 Å². The Labute approximate surface area is 99.9 Å². The first-order chi connectivity index (χ1) is 8.02. The van der Waals surface area contributed by atoms with E-state index in [1.54, 1.807) is 7.05 Å². The van der Waals surface area contributed by atoms with E-state index in [2.05, 4.69) is 0 Å². The lowest BCUT2D eigenvalue weighted by Gasteiger charge is -2.33. The first-order valence-corrected chi connectivity index (χ1v) is 5.59. The number of carbonyl (C=O) groups is 2. The maximum absolute atomic E-state index is 12.1. The Bertz CT molecular complexity index is 469. The highest BCUT2D eigenvalue weighted by Crippen LogP contribution is 2.36. The number of carboxylic acids is 1. The zero-order chi connectivity index (χ0) is 12.6. The summed E-state index contributed by atoms with van der Waals surface area (Å²) in [6, 6.07) is 7.00. The lowest BCUT2D eigenvalue weighted by molar-refractivity contribution is -0.149. The summed E-state index contributed by atoms with van der Waals surface area (Å²) in [6.45, 7) is 1.52. The minimum atomic E-state index is -0.978. The van der Waals surface area contributed by atoms with Gasteiger partial charge in [0, 0.05) is 7.05 Å². The molecule has 0 saturated carbocycles. The van der Waals surface area contributed by atoms with Gasteiger partial charge in [0.25, 0.3) is 0 Å². The maximum Gasteiger partial charge on any atom is 0.326 e. The molecule has 4 heteroatoms. The normalized spacial score (nSPS) is 18.8. The van der Waals surface area contributed by atoms with Gasteiger partial charge in [-0.15, -0.1) is 0 Å². The van der Waals surface area contributed by atoms with Crippen LogP contribution in [-0.4, -0.2) is 35.0 Å². The van der Waals surface area contributed by atoms with E-state index in [1.807, 2.05) is 24.3 Å². The number of rotatable bonds is 3. The molecule has 1 aromatic carbocycles. The van der Waals surface area contributed by atoms with Crippen molar-refractivity contribution in [2.75, 3.05) is 7.05 Å². The van der Waals surface area contributed by atoms with Gasteiger partial charge in [-0.1, -0.05) is 24.3 Å². The van der Waals surface area contributed by atoms with Gasteiger partial charge in [-0.3, -0.25) is 4.79 Å². The number of carbonyl (C=O) groups excluding carboxylic acids is 1. The number of amides is 1. The summed E-state index contributed by atoms with van der Waals surface area (Å²) in [4.78, 5) is 24.2. The van der Waals surface area contributed by atoms with Crippen LogP contribution < -0.4 is 0 Å². The highest BCUT2D eigenvalue weighted by molar-refractivity contribution is 5.90. The summed E-state index contributed by atoms with van der Waals surface area (Å²) in [7, 11) is 1.54. The van der Waals surface area contributed by atoms with Gasteiger partial charge >= 0.3 is 5.97 Å². The number of fused-ring (bicyclic) bond motifs is 1. The van der Waals surface area contributed by atoms with Crippen LogP contribution in [0.2, 0.25) is 0 Å². The van der Waals surface area contributed by atoms with E-state index >= 15 is 0 Å². The summed E-state index contributed by atoms with van der Waals surface area (Å²) >= 11 is 0. The third-order valence-electron chi connectivity index (χ3n) is 3.44. The van der Waals surface area contributed by atoms with Crippen molar-refractivity contribution in [3.63, 3.8) is 0 Å². The van der Waals surface area contributed by atoms with Gasteiger partial charge < -0.3 is 10.0 Å². The Kier molecular flexibility index (Phi) is 2.88. The smallest absolute Gasteiger partial charge is 0.326 e. The van der Waals surface area contributed by atoms with E-state index in [0.717, 1.165) is 5.56 Å². The molecule has 1 aliphatic rings. The molecule has 0 aromatic heterocycles. The summed E-state index contributed by atoms with van der Waals surface area (Å²) in [5.74, 6) is -1.26. The van der Waals surface area contributed by atoms with Crippen LogP contribution in [0.4, 0.5) is 0 Å². The first kappa shape index (κ1) is 11.6. The number of carboxylic acid groups (broad SMARTS) is 1. The molecule has 0 bridgehead atoms. The molecule has 4 nitrogen and oxygen atoms in total. The fraction of sp³-hybridized carbons (Fsp3) is 0.385. The van der Waals surface area contributed by atoms with Crippen molar-refractivity contribution in [2.45, 2.75) is 25.3 Å². The highest BCUT2D eigenvalue weighted by atomic mass is 16.4. The van der Waals surface area contributed by atoms with Crippen molar-refractivity contribution in [3.8, 4) is 0 Å². The molecule has 17 heavy (non-hydrogen) atoms. The fourth-order valence-electron chi connectivity index (χ4n) is 2.08. The number of nitrogens with zero attached hydrogens (tertiary/aromatic N) is 1. The highest BCUT2D eigenvalue weighted by Gasteiger charge is 2.35. The van der Waals surface area contributed by atoms with E-state index in [0.29, 0.717) is 6.42 Å². The van der Waals surface area contributed by atoms with Crippen LogP contribution in [-0.2, 0) is 16.0 Å². The van der Waals surface area contributed by atoms with Gasteiger partial charge in [0.15, 0.2) is 0 Å². The standard InChI is InChI=1S/C13H15NO3/c1-8(13(16)17)14(2)12(15)11-7-9-5-3-4-6-10(9)11/h3-6,8,11H,7H2,1-2H3,(H,16,17). The number of hydrogen-bond acceptors (Lipinski definition) is 2. The largest absolute Gasteiger partial charge is 0.480 e. The van der Waals surface area contributed by atoms with Gasteiger partial charge in [-0.05, 0) is 24.5 Å². The van der Waals surface area contributed by atoms with Gasteiger partial charge in [0.2, 0.25) is 5.91 Å². The van der Waals surface area contributed by atoms with Gasteiger partial charge in [0.1, 0.15) is 6.04 Å². The number of benzene rings is 1. The minimum absolute atomic E-state index is 0.112. The molecule has 2 rings (SSSR count). The molecular formula is C13H15NO3. The van der Waals surface area contributed by atoms with Gasteiger partial charge in [0.05, 0.1) is 5.92 Å². The topological polar surface area (TPSA) is 57.6 Å².